The summed E-state index contributed by atoms with van der Waals surface area (Å²) in [6.45, 7) is 8.05. The van der Waals surface area contributed by atoms with Gasteiger partial charge < -0.3 is 23.0 Å². The summed E-state index contributed by atoms with van der Waals surface area (Å²) in [5.41, 5.74) is 16.8. The average molecular weight is 1050 g/mol. The van der Waals surface area contributed by atoms with E-state index in [9.17, 15) is 5.26 Å². The summed E-state index contributed by atoms with van der Waals surface area (Å²) in [5.74, 6) is 1.33. The molecule has 10 nitrogen and oxygen atoms in total. The van der Waals surface area contributed by atoms with Gasteiger partial charge in [-0.15, -0.1) is 0 Å². The Morgan fingerprint density at radius 2 is 0.841 bits per heavy atom. The molecule has 1 unspecified atom stereocenters. The van der Waals surface area contributed by atoms with Crippen LogP contribution in [0.1, 0.15) is 27.8 Å². The van der Waals surface area contributed by atoms with Crippen molar-refractivity contribution in [1.82, 2.24) is 33.2 Å². The van der Waals surface area contributed by atoms with Gasteiger partial charge >= 0.3 is 0 Å². The van der Waals surface area contributed by atoms with Crippen LogP contribution in [0.15, 0.2) is 237 Å². The minimum absolute atomic E-state index is 0.570. The molecule has 0 saturated carbocycles. The van der Waals surface area contributed by atoms with Crippen LogP contribution < -0.4 is 4.74 Å². The van der Waals surface area contributed by atoms with E-state index in [-0.39, 0.29) is 0 Å². The van der Waals surface area contributed by atoms with Gasteiger partial charge in [-0.1, -0.05) is 121 Å². The molecule has 0 radical (unpaired) electrons. The first-order valence-corrected chi connectivity index (χ1v) is 27.2. The molecule has 1 aliphatic carbocycles. The SMILES string of the molecule is [C-]#[N+]c1ccc2c(c1)c1ccccc1n2-c1cccc2c1Oc1c(-n3c4ccccc4c4cc(C#N)ccc43)cccc1C21c2cc(-n3c4ccccc4c4ccccc43)cnc2-c2ncc(-n3c4ccccc4c4ccncc43)cc21. The number of pyridine rings is 3. The van der Waals surface area contributed by atoms with Crippen molar-refractivity contribution in [3.05, 3.63) is 276 Å². The Hall–Kier alpha value is -11.6. The van der Waals surface area contributed by atoms with E-state index in [1.54, 1.807) is 0 Å². The Bertz CT molecular complexity index is 5170. The molecule has 378 valence electrons. The number of benzene rings is 9. The van der Waals surface area contributed by atoms with Gasteiger partial charge in [-0.2, -0.15) is 5.26 Å². The Labute approximate surface area is 467 Å². The first kappa shape index (κ1) is 44.4. The van der Waals surface area contributed by atoms with Crippen molar-refractivity contribution in [2.45, 2.75) is 5.41 Å². The summed E-state index contributed by atoms with van der Waals surface area (Å²) < 4.78 is 17.1. The fraction of sp³-hybridized carbons (Fsp3) is 0.0139. The molecule has 0 N–H and O–H groups in total. The predicted octanol–water partition coefficient (Wildman–Crippen LogP) is 17.2. The van der Waals surface area contributed by atoms with Crippen molar-refractivity contribution < 1.29 is 4.74 Å². The smallest absolute Gasteiger partial charge is 0.188 e. The number of fused-ring (bicyclic) bond motifs is 21. The summed E-state index contributed by atoms with van der Waals surface area (Å²) in [5, 5.41) is 18.8. The van der Waals surface area contributed by atoms with E-state index in [2.05, 4.69) is 222 Å². The van der Waals surface area contributed by atoms with Crippen molar-refractivity contribution >= 4 is 92.9 Å². The lowest BCUT2D eigenvalue weighted by atomic mass is 9.66. The Morgan fingerprint density at radius 1 is 0.402 bits per heavy atom. The summed E-state index contributed by atoms with van der Waals surface area (Å²) in [4.78, 5) is 19.8. The van der Waals surface area contributed by atoms with Crippen LogP contribution in [0, 0.1) is 17.9 Å². The molecule has 0 fully saturated rings. The highest BCUT2D eigenvalue weighted by molar-refractivity contribution is 6.13. The van der Waals surface area contributed by atoms with Crippen molar-refractivity contribution in [3.63, 3.8) is 0 Å². The normalized spacial score (nSPS) is 14.2. The van der Waals surface area contributed by atoms with Gasteiger partial charge in [0.25, 0.3) is 0 Å². The van der Waals surface area contributed by atoms with Crippen molar-refractivity contribution in [3.8, 4) is 51.7 Å². The van der Waals surface area contributed by atoms with Crippen LogP contribution >= 0.6 is 0 Å². The molecule has 7 aromatic heterocycles. The van der Waals surface area contributed by atoms with Crippen LogP contribution in [0.4, 0.5) is 5.69 Å². The average Bonchev–Trinajstić information content (AvgIpc) is 2.81. The minimum atomic E-state index is -1.13. The molecule has 2 aliphatic rings. The van der Waals surface area contributed by atoms with Crippen LogP contribution in [0.2, 0.25) is 0 Å². The number of ether oxygens (including phenoxy) is 1. The summed E-state index contributed by atoms with van der Waals surface area (Å²) >= 11 is 0. The Balaban J connectivity index is 1.02. The van der Waals surface area contributed by atoms with E-state index in [4.69, 9.17) is 21.3 Å². The van der Waals surface area contributed by atoms with Gasteiger partial charge in [0.1, 0.15) is 0 Å². The zero-order chi connectivity index (χ0) is 53.9. The molecule has 9 aromatic carbocycles. The number of nitriles is 1. The van der Waals surface area contributed by atoms with E-state index in [1.807, 2.05) is 49.1 Å². The lowest BCUT2D eigenvalue weighted by molar-refractivity contribution is 0.433. The second-order valence-corrected chi connectivity index (χ2v) is 21.3. The number of rotatable bonds is 4. The second kappa shape index (κ2) is 16.2. The molecule has 1 atom stereocenters. The highest BCUT2D eigenvalue weighted by Crippen LogP contribution is 2.64. The number of para-hydroxylation sites is 7. The van der Waals surface area contributed by atoms with E-state index in [1.165, 1.54) is 0 Å². The molecule has 0 amide bonds. The van der Waals surface area contributed by atoms with Gasteiger partial charge in [-0.25, -0.2) is 4.85 Å². The standard InChI is InChI=1S/C72H39N9O/c1-74-43-29-31-64-53(35-43)50-18-6-11-25-62(50)81(64)66-27-13-20-55-71(66)82-70-54(19-12-26-65(70)80-61-24-10-5-17-49(61)52-34-42(38-73)28-30-63(52)80)72(55)56-36-44(78-58-21-7-2-14-46(58)47-15-3-8-22-59(47)78)39-76-68(56)69-57(72)37-45(40-77-69)79-60-23-9-4-16-48(60)51-32-33-75-41-67(51)79/h2-37,39-41H. The third-order valence-electron chi connectivity index (χ3n) is 17.4. The summed E-state index contributed by atoms with van der Waals surface area (Å²) in [7, 11) is 0. The van der Waals surface area contributed by atoms with Gasteiger partial charge in [0.15, 0.2) is 17.2 Å². The maximum Gasteiger partial charge on any atom is 0.188 e. The lowest BCUT2D eigenvalue weighted by Crippen LogP contribution is -2.33. The minimum Gasteiger partial charge on any atom is -0.452 e. The zero-order valence-corrected chi connectivity index (χ0v) is 43.4. The fourth-order valence-corrected chi connectivity index (χ4v) is 14.2. The molecular formula is C72H39N9O. The van der Waals surface area contributed by atoms with Crippen LogP contribution in [0.25, 0.3) is 126 Å². The van der Waals surface area contributed by atoms with Crippen molar-refractivity contribution in [2.24, 2.45) is 0 Å². The third-order valence-corrected chi connectivity index (χ3v) is 17.4. The Kier molecular flexibility index (Phi) is 8.80. The molecule has 8 heterocycles. The lowest BCUT2D eigenvalue weighted by Gasteiger charge is -2.40. The number of nitrogens with zero attached hydrogens (tertiary/aromatic N) is 9. The fourth-order valence-electron chi connectivity index (χ4n) is 14.2. The molecule has 16 aromatic rings. The quantitative estimate of drug-likeness (QED) is 0.164. The molecule has 10 heteroatoms. The van der Waals surface area contributed by atoms with Crippen LogP contribution in [-0.4, -0.2) is 33.2 Å². The molecule has 1 aliphatic heterocycles. The predicted molar refractivity (Wildman–Crippen MR) is 326 cm³/mol. The molecule has 0 saturated heterocycles. The molecule has 1 spiro atoms. The number of hydrogen-bond acceptors (Lipinski definition) is 5. The topological polar surface area (TPSA) is 95.8 Å². The van der Waals surface area contributed by atoms with Crippen LogP contribution in [0.3, 0.4) is 0 Å². The van der Waals surface area contributed by atoms with Gasteiger partial charge in [0, 0.05) is 66.2 Å². The first-order valence-electron chi connectivity index (χ1n) is 27.2. The monoisotopic (exact) mass is 1050 g/mol. The zero-order valence-electron chi connectivity index (χ0n) is 43.4. The van der Waals surface area contributed by atoms with Gasteiger partial charge in [-0.05, 0) is 96.4 Å². The summed E-state index contributed by atoms with van der Waals surface area (Å²) in [6, 6.07) is 76.7. The highest BCUT2D eigenvalue weighted by atomic mass is 16.5. The molecule has 82 heavy (non-hydrogen) atoms. The molecule has 0 bridgehead atoms. The number of hydrogen-bond donors (Lipinski definition) is 0. The van der Waals surface area contributed by atoms with Crippen molar-refractivity contribution in [2.75, 3.05) is 0 Å². The number of aromatic nitrogens is 7. The summed E-state index contributed by atoms with van der Waals surface area (Å²) in [6.07, 6.45) is 7.80. The third kappa shape index (κ3) is 5.66. The highest BCUT2D eigenvalue weighted by Gasteiger charge is 2.54. The second-order valence-electron chi connectivity index (χ2n) is 21.3. The largest absolute Gasteiger partial charge is 0.452 e. The van der Waals surface area contributed by atoms with Gasteiger partial charge in [-0.3, -0.25) is 15.0 Å². The van der Waals surface area contributed by atoms with E-state index in [0.29, 0.717) is 22.7 Å². The van der Waals surface area contributed by atoms with Crippen molar-refractivity contribution in [1.29, 1.82) is 5.26 Å². The van der Waals surface area contributed by atoms with Gasteiger partial charge in [0.05, 0.1) is 120 Å². The van der Waals surface area contributed by atoms with Crippen LogP contribution in [-0.2, 0) is 5.41 Å². The first-order chi connectivity index (χ1) is 40.6. The maximum atomic E-state index is 10.2. The van der Waals surface area contributed by atoms with E-state index in [0.717, 1.165) is 144 Å². The molecular weight excluding hydrogens is 1010 g/mol. The van der Waals surface area contributed by atoms with Gasteiger partial charge in [0.2, 0.25) is 0 Å². The maximum absolute atomic E-state index is 10.2. The van der Waals surface area contributed by atoms with Crippen LogP contribution in [0.5, 0.6) is 11.5 Å². The van der Waals surface area contributed by atoms with E-state index >= 15 is 0 Å². The molecule has 18 rings (SSSR count). The van der Waals surface area contributed by atoms with E-state index < -0.39 is 5.41 Å². The Morgan fingerprint density at radius 3 is 1.35 bits per heavy atom.